The number of alkyl halides is 6. The normalized spacial score (nSPS) is 19.7. The molecule has 32 heavy (non-hydrogen) atoms. The van der Waals surface area contributed by atoms with Gasteiger partial charge in [0, 0.05) is 12.8 Å². The molecular formula is C20H29F6NO5. The Hall–Kier alpha value is -2.01. The molecule has 12 heteroatoms. The van der Waals surface area contributed by atoms with Crippen molar-refractivity contribution in [2.24, 2.45) is 17.8 Å². The van der Waals surface area contributed by atoms with Crippen LogP contribution in [0.1, 0.15) is 60.3 Å². The summed E-state index contributed by atoms with van der Waals surface area (Å²) in [5, 5.41) is 0. The molecule has 0 aromatic carbocycles. The Morgan fingerprint density at radius 1 is 1.00 bits per heavy atom. The number of hydrogen-bond donors (Lipinski definition) is 0. The first kappa shape index (κ1) is 28.0. The van der Waals surface area contributed by atoms with Crippen LogP contribution in [0.2, 0.25) is 0 Å². The molecule has 0 aliphatic carbocycles. The van der Waals surface area contributed by atoms with Crippen LogP contribution in [0, 0.1) is 17.8 Å². The molecule has 3 atom stereocenters. The van der Waals surface area contributed by atoms with Crippen molar-refractivity contribution >= 4 is 18.0 Å². The largest absolute Gasteiger partial charge is 0.460 e. The second kappa shape index (κ2) is 10.3. The summed E-state index contributed by atoms with van der Waals surface area (Å²) >= 11 is 0. The SMILES string of the molecule is CC(C)C1COC(=O)N1C(=O)C(CCC(F)(F)F)C(CCC(F)(F)F)C(=O)OC(C)(C)C. The zero-order valence-corrected chi connectivity index (χ0v) is 18.6. The van der Waals surface area contributed by atoms with Gasteiger partial charge >= 0.3 is 24.4 Å². The molecular weight excluding hydrogens is 448 g/mol. The number of halogens is 6. The van der Waals surface area contributed by atoms with Crippen LogP contribution in [0.3, 0.4) is 0 Å². The highest BCUT2D eigenvalue weighted by Crippen LogP contribution is 2.36. The fourth-order valence-corrected chi connectivity index (χ4v) is 3.35. The predicted octanol–water partition coefficient (Wildman–Crippen LogP) is 5.25. The average molecular weight is 477 g/mol. The monoisotopic (exact) mass is 477 g/mol. The standard InChI is InChI=1S/C20H29F6NO5/c1-11(2)14-10-31-17(30)27(14)15(28)12(6-8-19(21,22)23)13(7-9-20(24,25)26)16(29)32-18(3,4)5/h11-14H,6-10H2,1-5H3. The molecule has 1 rings (SSSR count). The molecule has 3 unspecified atom stereocenters. The smallest absolute Gasteiger partial charge is 0.416 e. The molecule has 0 saturated carbocycles. The van der Waals surface area contributed by atoms with Gasteiger partial charge in [0.05, 0.1) is 17.9 Å². The molecule has 1 aliphatic rings. The van der Waals surface area contributed by atoms with Gasteiger partial charge in [-0.15, -0.1) is 0 Å². The molecule has 0 spiro atoms. The number of hydrogen-bond acceptors (Lipinski definition) is 5. The summed E-state index contributed by atoms with van der Waals surface area (Å²) in [5.41, 5.74) is -1.15. The van der Waals surface area contributed by atoms with Gasteiger partial charge in [0.1, 0.15) is 12.2 Å². The van der Waals surface area contributed by atoms with Crippen molar-refractivity contribution in [2.75, 3.05) is 6.61 Å². The minimum absolute atomic E-state index is 0.201. The predicted molar refractivity (Wildman–Crippen MR) is 100 cm³/mol. The van der Waals surface area contributed by atoms with Gasteiger partial charge in [0.15, 0.2) is 0 Å². The summed E-state index contributed by atoms with van der Waals surface area (Å²) in [6.07, 6.45) is -15.5. The minimum Gasteiger partial charge on any atom is -0.460 e. The van der Waals surface area contributed by atoms with Crippen LogP contribution in [0.5, 0.6) is 0 Å². The Kier molecular flexibility index (Phi) is 9.01. The number of ether oxygens (including phenoxy) is 2. The van der Waals surface area contributed by atoms with Gasteiger partial charge in [0.2, 0.25) is 5.91 Å². The summed E-state index contributed by atoms with van der Waals surface area (Å²) in [7, 11) is 0. The molecule has 1 fully saturated rings. The number of carbonyl (C=O) groups is 3. The number of esters is 1. The van der Waals surface area contributed by atoms with E-state index in [4.69, 9.17) is 9.47 Å². The molecule has 0 bridgehead atoms. The summed E-state index contributed by atoms with van der Waals surface area (Å²) in [5.74, 6) is -6.40. The zero-order valence-electron chi connectivity index (χ0n) is 18.6. The Bertz CT molecular complexity index is 683. The van der Waals surface area contributed by atoms with E-state index in [1.165, 1.54) is 20.8 Å². The number of imide groups is 1. The van der Waals surface area contributed by atoms with Crippen molar-refractivity contribution in [3.05, 3.63) is 0 Å². The quantitative estimate of drug-likeness (QED) is 0.353. The van der Waals surface area contributed by atoms with E-state index in [9.17, 15) is 40.7 Å². The first-order valence-corrected chi connectivity index (χ1v) is 10.2. The van der Waals surface area contributed by atoms with Crippen molar-refractivity contribution in [1.82, 2.24) is 4.90 Å². The van der Waals surface area contributed by atoms with Crippen LogP contribution in [0.15, 0.2) is 0 Å². The van der Waals surface area contributed by atoms with Crippen LogP contribution in [0.25, 0.3) is 0 Å². The Balaban J connectivity index is 3.37. The number of carbonyl (C=O) groups excluding carboxylic acids is 3. The molecule has 0 aromatic rings. The van der Waals surface area contributed by atoms with Crippen molar-refractivity contribution < 1.29 is 50.2 Å². The second-order valence-corrected chi connectivity index (χ2v) is 9.15. The van der Waals surface area contributed by atoms with Crippen molar-refractivity contribution in [3.8, 4) is 0 Å². The van der Waals surface area contributed by atoms with E-state index in [2.05, 4.69) is 0 Å². The van der Waals surface area contributed by atoms with Crippen LogP contribution in [0.4, 0.5) is 31.1 Å². The lowest BCUT2D eigenvalue weighted by Crippen LogP contribution is -2.48. The topological polar surface area (TPSA) is 72.9 Å². The van der Waals surface area contributed by atoms with E-state index in [1.807, 2.05) is 0 Å². The van der Waals surface area contributed by atoms with Gasteiger partial charge in [-0.3, -0.25) is 9.59 Å². The number of rotatable bonds is 8. The molecule has 0 N–H and O–H groups in total. The van der Waals surface area contributed by atoms with Gasteiger partial charge < -0.3 is 9.47 Å². The van der Waals surface area contributed by atoms with Crippen molar-refractivity contribution in [1.29, 1.82) is 0 Å². The van der Waals surface area contributed by atoms with Crippen molar-refractivity contribution in [3.63, 3.8) is 0 Å². The van der Waals surface area contributed by atoms with Crippen LogP contribution < -0.4 is 0 Å². The first-order valence-electron chi connectivity index (χ1n) is 10.2. The maximum Gasteiger partial charge on any atom is 0.416 e. The van der Waals surface area contributed by atoms with Crippen LogP contribution >= 0.6 is 0 Å². The molecule has 1 saturated heterocycles. The first-order chi connectivity index (χ1) is 14.3. The van der Waals surface area contributed by atoms with Gasteiger partial charge in [-0.25, -0.2) is 9.69 Å². The maximum atomic E-state index is 13.2. The number of amides is 2. The Morgan fingerprint density at radius 3 is 1.88 bits per heavy atom. The lowest BCUT2D eigenvalue weighted by atomic mass is 9.83. The maximum absolute atomic E-state index is 13.2. The van der Waals surface area contributed by atoms with Gasteiger partial charge in [0.25, 0.3) is 0 Å². The van der Waals surface area contributed by atoms with E-state index < -0.39 is 79.5 Å². The third-order valence-electron chi connectivity index (χ3n) is 4.90. The highest BCUT2D eigenvalue weighted by molar-refractivity contribution is 5.96. The number of nitrogens with zero attached hydrogens (tertiary/aromatic N) is 1. The van der Waals surface area contributed by atoms with E-state index >= 15 is 0 Å². The summed E-state index contributed by atoms with van der Waals surface area (Å²) in [6, 6.07) is -0.815. The molecule has 6 nitrogen and oxygen atoms in total. The van der Waals surface area contributed by atoms with Crippen molar-refractivity contribution in [2.45, 2.75) is 84.3 Å². The Labute approximate surface area is 182 Å². The lowest BCUT2D eigenvalue weighted by molar-refractivity contribution is -0.172. The van der Waals surface area contributed by atoms with E-state index in [0.717, 1.165) is 0 Å². The van der Waals surface area contributed by atoms with Crippen LogP contribution in [-0.4, -0.2) is 53.5 Å². The zero-order chi connectivity index (χ0) is 25.1. The molecule has 0 aromatic heterocycles. The highest BCUT2D eigenvalue weighted by atomic mass is 19.4. The average Bonchev–Trinajstić information content (AvgIpc) is 2.95. The fourth-order valence-electron chi connectivity index (χ4n) is 3.35. The molecule has 1 heterocycles. The fraction of sp³-hybridized carbons (Fsp3) is 0.850. The van der Waals surface area contributed by atoms with Crippen LogP contribution in [-0.2, 0) is 19.1 Å². The molecule has 0 radical (unpaired) electrons. The summed E-state index contributed by atoms with van der Waals surface area (Å²) < 4.78 is 87.4. The van der Waals surface area contributed by atoms with Gasteiger partial charge in [-0.05, 0) is 39.5 Å². The third-order valence-corrected chi connectivity index (χ3v) is 4.90. The molecule has 2 amide bonds. The summed E-state index contributed by atoms with van der Waals surface area (Å²) in [4.78, 5) is 38.7. The van der Waals surface area contributed by atoms with E-state index in [-0.39, 0.29) is 12.5 Å². The number of cyclic esters (lactones) is 1. The molecule has 186 valence electrons. The van der Waals surface area contributed by atoms with Gasteiger partial charge in [-0.1, -0.05) is 13.8 Å². The third kappa shape index (κ3) is 8.85. The summed E-state index contributed by atoms with van der Waals surface area (Å²) in [6.45, 7) is 7.40. The van der Waals surface area contributed by atoms with Gasteiger partial charge in [-0.2, -0.15) is 26.3 Å². The van der Waals surface area contributed by atoms with E-state index in [1.54, 1.807) is 13.8 Å². The highest BCUT2D eigenvalue weighted by Gasteiger charge is 2.48. The second-order valence-electron chi connectivity index (χ2n) is 9.15. The van der Waals surface area contributed by atoms with E-state index in [0.29, 0.717) is 4.90 Å². The Morgan fingerprint density at radius 2 is 1.47 bits per heavy atom. The molecule has 1 aliphatic heterocycles. The lowest BCUT2D eigenvalue weighted by Gasteiger charge is -2.32. The minimum atomic E-state index is -4.73.